The minimum atomic E-state index is 0.598. The van der Waals surface area contributed by atoms with Crippen molar-refractivity contribution in [3.05, 3.63) is 11.2 Å². The van der Waals surface area contributed by atoms with Crippen LogP contribution in [0.3, 0.4) is 0 Å². The quantitative estimate of drug-likeness (QED) is 0.905. The van der Waals surface area contributed by atoms with E-state index in [-0.39, 0.29) is 0 Å². The van der Waals surface area contributed by atoms with Crippen LogP contribution in [0.1, 0.15) is 13.8 Å². The monoisotopic (exact) mass is 269 g/mol. The van der Waals surface area contributed by atoms with Crippen LogP contribution in [-0.2, 0) is 0 Å². The fourth-order valence-corrected chi connectivity index (χ4v) is 2.36. The van der Waals surface area contributed by atoms with Crippen molar-refractivity contribution in [1.82, 2.24) is 14.9 Å². The van der Waals surface area contributed by atoms with Gasteiger partial charge < -0.3 is 10.2 Å². The molecule has 0 unspecified atom stereocenters. The SMILES string of the molecule is CNc1ncc(Cl)c(N2CCN(C(C)C)CC2)n1. The van der Waals surface area contributed by atoms with E-state index in [1.54, 1.807) is 6.20 Å². The summed E-state index contributed by atoms with van der Waals surface area (Å²) in [4.78, 5) is 13.2. The molecule has 18 heavy (non-hydrogen) atoms. The lowest BCUT2D eigenvalue weighted by Crippen LogP contribution is -2.49. The van der Waals surface area contributed by atoms with Gasteiger partial charge in [0, 0.05) is 39.3 Å². The molecule has 1 aliphatic rings. The van der Waals surface area contributed by atoms with Gasteiger partial charge in [0.25, 0.3) is 0 Å². The van der Waals surface area contributed by atoms with E-state index in [1.807, 2.05) is 7.05 Å². The van der Waals surface area contributed by atoms with Crippen molar-refractivity contribution >= 4 is 23.4 Å². The Labute approximate surface area is 113 Å². The summed E-state index contributed by atoms with van der Waals surface area (Å²) in [5, 5.41) is 3.56. The summed E-state index contributed by atoms with van der Waals surface area (Å²) in [6.45, 7) is 8.47. The van der Waals surface area contributed by atoms with E-state index in [0.29, 0.717) is 17.0 Å². The van der Waals surface area contributed by atoms with Gasteiger partial charge in [-0.25, -0.2) is 4.98 Å². The lowest BCUT2D eigenvalue weighted by Gasteiger charge is -2.37. The number of piperazine rings is 1. The molecule has 1 aromatic rings. The fraction of sp³-hybridized carbons (Fsp3) is 0.667. The molecule has 0 radical (unpaired) electrons. The Hall–Kier alpha value is -1.07. The number of hydrogen-bond donors (Lipinski definition) is 1. The lowest BCUT2D eigenvalue weighted by molar-refractivity contribution is 0.209. The van der Waals surface area contributed by atoms with Crippen LogP contribution in [0.15, 0.2) is 6.20 Å². The first-order chi connectivity index (χ1) is 8.61. The number of aromatic nitrogens is 2. The van der Waals surface area contributed by atoms with Crippen molar-refractivity contribution < 1.29 is 0 Å². The molecular weight excluding hydrogens is 250 g/mol. The first-order valence-corrected chi connectivity index (χ1v) is 6.69. The van der Waals surface area contributed by atoms with Crippen LogP contribution >= 0.6 is 11.6 Å². The zero-order valence-corrected chi connectivity index (χ0v) is 11.9. The van der Waals surface area contributed by atoms with Crippen LogP contribution in [0.25, 0.3) is 0 Å². The number of nitrogens with one attached hydrogen (secondary N) is 1. The summed E-state index contributed by atoms with van der Waals surface area (Å²) in [6, 6.07) is 0.598. The number of nitrogens with zero attached hydrogens (tertiary/aromatic N) is 4. The van der Waals surface area contributed by atoms with Gasteiger partial charge in [0.05, 0.1) is 6.20 Å². The van der Waals surface area contributed by atoms with Gasteiger partial charge in [-0.15, -0.1) is 0 Å². The highest BCUT2D eigenvalue weighted by atomic mass is 35.5. The molecule has 0 bridgehead atoms. The third-order valence-electron chi connectivity index (χ3n) is 3.29. The molecule has 5 nitrogen and oxygen atoms in total. The van der Waals surface area contributed by atoms with Gasteiger partial charge in [0.15, 0.2) is 5.82 Å². The second-order valence-corrected chi connectivity index (χ2v) is 5.14. The van der Waals surface area contributed by atoms with Crippen molar-refractivity contribution in [3.63, 3.8) is 0 Å². The van der Waals surface area contributed by atoms with Gasteiger partial charge >= 0.3 is 0 Å². The van der Waals surface area contributed by atoms with E-state index < -0.39 is 0 Å². The smallest absolute Gasteiger partial charge is 0.224 e. The number of hydrogen-bond acceptors (Lipinski definition) is 5. The molecule has 1 aliphatic heterocycles. The molecule has 2 rings (SSSR count). The zero-order chi connectivity index (χ0) is 13.1. The molecule has 0 amide bonds. The first kappa shape index (κ1) is 13.4. The molecule has 100 valence electrons. The molecule has 1 saturated heterocycles. The predicted octanol–water partition coefficient (Wildman–Crippen LogP) is 1.70. The number of anilines is 2. The minimum Gasteiger partial charge on any atom is -0.357 e. The largest absolute Gasteiger partial charge is 0.357 e. The molecule has 1 aromatic heterocycles. The Morgan fingerprint density at radius 3 is 2.50 bits per heavy atom. The summed E-state index contributed by atoms with van der Waals surface area (Å²) in [6.07, 6.45) is 1.66. The molecule has 2 heterocycles. The standard InChI is InChI=1S/C12H20ClN5/c1-9(2)17-4-6-18(7-5-17)11-10(13)8-15-12(14-3)16-11/h8-9H,4-7H2,1-3H3,(H,14,15,16). The van der Waals surface area contributed by atoms with E-state index in [1.165, 1.54) is 0 Å². The molecule has 0 saturated carbocycles. The molecule has 6 heteroatoms. The van der Waals surface area contributed by atoms with Crippen LogP contribution in [0.5, 0.6) is 0 Å². The maximum absolute atomic E-state index is 6.18. The van der Waals surface area contributed by atoms with E-state index in [2.05, 4.69) is 38.9 Å². The Morgan fingerprint density at radius 2 is 1.94 bits per heavy atom. The van der Waals surface area contributed by atoms with Gasteiger partial charge in [-0.1, -0.05) is 11.6 Å². The maximum Gasteiger partial charge on any atom is 0.224 e. The van der Waals surface area contributed by atoms with Crippen molar-refractivity contribution in [3.8, 4) is 0 Å². The van der Waals surface area contributed by atoms with Crippen LogP contribution in [0.2, 0.25) is 5.02 Å². The van der Waals surface area contributed by atoms with Crippen molar-refractivity contribution in [2.45, 2.75) is 19.9 Å². The number of halogens is 1. The predicted molar refractivity (Wildman–Crippen MR) is 75.5 cm³/mol. The van der Waals surface area contributed by atoms with Crippen molar-refractivity contribution in [2.24, 2.45) is 0 Å². The molecular formula is C12H20ClN5. The van der Waals surface area contributed by atoms with Gasteiger partial charge in [-0.3, -0.25) is 4.90 Å². The Kier molecular flexibility index (Phi) is 4.24. The topological polar surface area (TPSA) is 44.3 Å². The highest BCUT2D eigenvalue weighted by molar-refractivity contribution is 6.32. The summed E-state index contributed by atoms with van der Waals surface area (Å²) >= 11 is 6.18. The van der Waals surface area contributed by atoms with Gasteiger partial charge in [-0.05, 0) is 13.8 Å². The average molecular weight is 270 g/mol. The Bertz CT molecular complexity index is 401. The third-order valence-corrected chi connectivity index (χ3v) is 3.56. The minimum absolute atomic E-state index is 0.598. The summed E-state index contributed by atoms with van der Waals surface area (Å²) in [5.41, 5.74) is 0. The van der Waals surface area contributed by atoms with E-state index in [0.717, 1.165) is 32.0 Å². The Morgan fingerprint density at radius 1 is 1.28 bits per heavy atom. The van der Waals surface area contributed by atoms with Gasteiger partial charge in [-0.2, -0.15) is 4.98 Å². The summed E-state index contributed by atoms with van der Waals surface area (Å²) in [5.74, 6) is 1.44. The summed E-state index contributed by atoms with van der Waals surface area (Å²) in [7, 11) is 1.81. The molecule has 0 spiro atoms. The summed E-state index contributed by atoms with van der Waals surface area (Å²) < 4.78 is 0. The Balaban J connectivity index is 2.09. The molecule has 0 atom stereocenters. The molecule has 1 N–H and O–H groups in total. The van der Waals surface area contributed by atoms with Crippen LogP contribution in [-0.4, -0.2) is 54.1 Å². The first-order valence-electron chi connectivity index (χ1n) is 6.31. The van der Waals surface area contributed by atoms with Crippen LogP contribution < -0.4 is 10.2 Å². The molecule has 0 aliphatic carbocycles. The average Bonchev–Trinajstić information content (AvgIpc) is 2.39. The molecule has 0 aromatic carbocycles. The highest BCUT2D eigenvalue weighted by Gasteiger charge is 2.21. The highest BCUT2D eigenvalue weighted by Crippen LogP contribution is 2.24. The zero-order valence-electron chi connectivity index (χ0n) is 11.1. The normalized spacial score (nSPS) is 17.3. The third kappa shape index (κ3) is 2.84. The lowest BCUT2D eigenvalue weighted by atomic mass is 10.2. The van der Waals surface area contributed by atoms with Crippen LogP contribution in [0, 0.1) is 0 Å². The van der Waals surface area contributed by atoms with E-state index in [9.17, 15) is 0 Å². The second-order valence-electron chi connectivity index (χ2n) is 4.73. The number of rotatable bonds is 3. The second kappa shape index (κ2) is 5.71. The van der Waals surface area contributed by atoms with E-state index in [4.69, 9.17) is 11.6 Å². The molecule has 1 fully saturated rings. The fourth-order valence-electron chi connectivity index (χ4n) is 2.15. The van der Waals surface area contributed by atoms with Crippen LogP contribution in [0.4, 0.5) is 11.8 Å². The van der Waals surface area contributed by atoms with Crippen molar-refractivity contribution in [1.29, 1.82) is 0 Å². The van der Waals surface area contributed by atoms with Crippen molar-refractivity contribution in [2.75, 3.05) is 43.4 Å². The maximum atomic E-state index is 6.18. The van der Waals surface area contributed by atoms with E-state index >= 15 is 0 Å². The van der Waals surface area contributed by atoms with Gasteiger partial charge in [0.2, 0.25) is 5.95 Å². The van der Waals surface area contributed by atoms with Gasteiger partial charge in [0.1, 0.15) is 5.02 Å².